The number of imidazole rings is 1. The molecule has 0 N–H and O–H groups in total. The maximum absolute atomic E-state index is 12.8. The van der Waals surface area contributed by atoms with Crippen molar-refractivity contribution in [1.29, 1.82) is 0 Å². The molecule has 1 aromatic heterocycles. The van der Waals surface area contributed by atoms with Gasteiger partial charge in [-0.2, -0.15) is 0 Å². The van der Waals surface area contributed by atoms with Gasteiger partial charge in [0.2, 0.25) is 5.91 Å². The van der Waals surface area contributed by atoms with Crippen molar-refractivity contribution in [3.05, 3.63) is 77.6 Å². The number of hydrogen-bond acceptors (Lipinski definition) is 3. The Kier molecular flexibility index (Phi) is 5.47. The molecule has 3 rings (SSSR count). The standard InChI is InChI=1S/C21H23N3OS/c1-15-10-11-18(16(2)14-15)24-13-12-22-21(24)26-19(20(25)23(3)4)17-8-6-5-7-9-17/h5-14,19H,1-4H3/t19-/m1/s1. The third-order valence-corrected chi connectivity index (χ3v) is 5.43. The van der Waals surface area contributed by atoms with Crippen LogP contribution in [0.5, 0.6) is 0 Å². The number of nitrogens with zero attached hydrogens (tertiary/aromatic N) is 3. The highest BCUT2D eigenvalue weighted by molar-refractivity contribution is 8.00. The topological polar surface area (TPSA) is 38.1 Å². The quantitative estimate of drug-likeness (QED) is 0.629. The maximum Gasteiger partial charge on any atom is 0.240 e. The molecule has 3 aromatic rings. The molecule has 1 atom stereocenters. The van der Waals surface area contributed by atoms with Gasteiger partial charge in [0.25, 0.3) is 0 Å². The zero-order valence-corrected chi connectivity index (χ0v) is 16.3. The van der Waals surface area contributed by atoms with Gasteiger partial charge in [-0.3, -0.25) is 9.36 Å². The highest BCUT2D eigenvalue weighted by Crippen LogP contribution is 2.36. The normalized spacial score (nSPS) is 12.0. The molecular formula is C21H23N3OS. The van der Waals surface area contributed by atoms with Crippen LogP contribution in [0.4, 0.5) is 0 Å². The molecule has 0 aliphatic rings. The number of hydrogen-bond donors (Lipinski definition) is 0. The lowest BCUT2D eigenvalue weighted by atomic mass is 10.1. The van der Waals surface area contributed by atoms with E-state index < -0.39 is 0 Å². The Morgan fingerprint density at radius 2 is 1.85 bits per heavy atom. The van der Waals surface area contributed by atoms with Crippen LogP contribution in [-0.2, 0) is 4.79 Å². The third-order valence-electron chi connectivity index (χ3n) is 4.21. The van der Waals surface area contributed by atoms with Gasteiger partial charge in [0.15, 0.2) is 5.16 Å². The molecule has 0 aliphatic carbocycles. The SMILES string of the molecule is Cc1ccc(-n2ccnc2S[C@@H](C(=O)N(C)C)c2ccccc2)c(C)c1. The van der Waals surface area contributed by atoms with E-state index in [4.69, 9.17) is 0 Å². The third kappa shape index (κ3) is 3.83. The minimum Gasteiger partial charge on any atom is -0.348 e. The lowest BCUT2D eigenvalue weighted by Crippen LogP contribution is -2.27. The lowest BCUT2D eigenvalue weighted by Gasteiger charge is -2.21. The van der Waals surface area contributed by atoms with E-state index in [2.05, 4.69) is 41.6 Å². The van der Waals surface area contributed by atoms with Crippen molar-refractivity contribution in [1.82, 2.24) is 14.5 Å². The Hall–Kier alpha value is -2.53. The summed E-state index contributed by atoms with van der Waals surface area (Å²) in [5.41, 5.74) is 4.47. The number of aromatic nitrogens is 2. The molecule has 0 saturated carbocycles. The summed E-state index contributed by atoms with van der Waals surface area (Å²) in [6, 6.07) is 16.2. The highest BCUT2D eigenvalue weighted by atomic mass is 32.2. The Bertz CT molecular complexity index is 903. The molecule has 1 heterocycles. The monoisotopic (exact) mass is 365 g/mol. The van der Waals surface area contributed by atoms with Gasteiger partial charge in [-0.15, -0.1) is 0 Å². The first-order valence-electron chi connectivity index (χ1n) is 8.51. The number of amides is 1. The Morgan fingerprint density at radius 1 is 1.12 bits per heavy atom. The Balaban J connectivity index is 1.98. The van der Waals surface area contributed by atoms with Crippen molar-refractivity contribution in [3.8, 4) is 5.69 Å². The fourth-order valence-corrected chi connectivity index (χ4v) is 4.07. The van der Waals surface area contributed by atoms with Crippen LogP contribution in [-0.4, -0.2) is 34.5 Å². The maximum atomic E-state index is 12.8. The molecule has 0 spiro atoms. The minimum atomic E-state index is -0.335. The van der Waals surface area contributed by atoms with Crippen LogP contribution in [0.2, 0.25) is 0 Å². The molecule has 0 radical (unpaired) electrons. The van der Waals surface area contributed by atoms with Crippen molar-refractivity contribution >= 4 is 17.7 Å². The summed E-state index contributed by atoms with van der Waals surface area (Å²) in [6.45, 7) is 4.18. The van der Waals surface area contributed by atoms with Crippen LogP contribution in [0, 0.1) is 13.8 Å². The number of likely N-dealkylation sites (N-methyl/N-ethyl adjacent to an activating group) is 1. The van der Waals surface area contributed by atoms with Gasteiger partial charge in [-0.05, 0) is 31.0 Å². The molecule has 4 nitrogen and oxygen atoms in total. The van der Waals surface area contributed by atoms with Crippen LogP contribution < -0.4 is 0 Å². The summed E-state index contributed by atoms with van der Waals surface area (Å²) in [7, 11) is 3.57. The molecule has 134 valence electrons. The molecule has 26 heavy (non-hydrogen) atoms. The molecule has 0 fully saturated rings. The van der Waals surface area contributed by atoms with Crippen LogP contribution in [0.3, 0.4) is 0 Å². The number of aryl methyl sites for hydroxylation is 2. The first-order valence-corrected chi connectivity index (χ1v) is 9.39. The van der Waals surface area contributed by atoms with E-state index in [1.165, 1.54) is 22.9 Å². The molecule has 0 aliphatic heterocycles. The largest absolute Gasteiger partial charge is 0.348 e. The van der Waals surface area contributed by atoms with Crippen LogP contribution >= 0.6 is 11.8 Å². The number of carbonyl (C=O) groups excluding carboxylic acids is 1. The molecule has 0 saturated heterocycles. The van der Waals surface area contributed by atoms with Crippen LogP contribution in [0.15, 0.2) is 66.1 Å². The van der Waals surface area contributed by atoms with E-state index in [1.807, 2.05) is 36.5 Å². The summed E-state index contributed by atoms with van der Waals surface area (Å²) in [5.74, 6) is 0.0522. The van der Waals surface area contributed by atoms with Crippen molar-refractivity contribution in [2.45, 2.75) is 24.3 Å². The number of benzene rings is 2. The van der Waals surface area contributed by atoms with E-state index in [-0.39, 0.29) is 11.2 Å². The number of rotatable bonds is 5. The van der Waals surface area contributed by atoms with Gasteiger partial charge in [-0.1, -0.05) is 59.8 Å². The Labute approximate surface area is 158 Å². The summed E-state index contributed by atoms with van der Waals surface area (Å²) < 4.78 is 2.05. The second kappa shape index (κ2) is 7.79. The average Bonchev–Trinajstić information content (AvgIpc) is 3.07. The van der Waals surface area contributed by atoms with E-state index in [9.17, 15) is 4.79 Å². The summed E-state index contributed by atoms with van der Waals surface area (Å²) in [4.78, 5) is 18.9. The summed E-state index contributed by atoms with van der Waals surface area (Å²) in [6.07, 6.45) is 3.73. The van der Waals surface area contributed by atoms with E-state index in [0.717, 1.165) is 16.4 Å². The molecular weight excluding hydrogens is 342 g/mol. The number of thioether (sulfide) groups is 1. The van der Waals surface area contributed by atoms with E-state index >= 15 is 0 Å². The summed E-state index contributed by atoms with van der Waals surface area (Å²) in [5, 5.41) is 0.471. The second-order valence-corrected chi connectivity index (χ2v) is 7.58. The van der Waals surface area contributed by atoms with Gasteiger partial charge in [0.1, 0.15) is 5.25 Å². The molecule has 2 aromatic carbocycles. The predicted molar refractivity (Wildman–Crippen MR) is 107 cm³/mol. The predicted octanol–water partition coefficient (Wildman–Crippen LogP) is 4.41. The van der Waals surface area contributed by atoms with Gasteiger partial charge in [0.05, 0.1) is 5.69 Å². The van der Waals surface area contributed by atoms with Crippen LogP contribution in [0.1, 0.15) is 21.9 Å². The Morgan fingerprint density at radius 3 is 2.50 bits per heavy atom. The van der Waals surface area contributed by atoms with Crippen molar-refractivity contribution in [2.75, 3.05) is 14.1 Å². The van der Waals surface area contributed by atoms with Crippen molar-refractivity contribution < 1.29 is 4.79 Å². The summed E-state index contributed by atoms with van der Waals surface area (Å²) >= 11 is 1.48. The number of carbonyl (C=O) groups is 1. The fraction of sp³-hybridized carbons (Fsp3) is 0.238. The van der Waals surface area contributed by atoms with Gasteiger partial charge in [0, 0.05) is 26.5 Å². The van der Waals surface area contributed by atoms with Gasteiger partial charge >= 0.3 is 0 Å². The van der Waals surface area contributed by atoms with E-state index in [1.54, 1.807) is 25.2 Å². The second-order valence-electron chi connectivity index (χ2n) is 6.51. The van der Waals surface area contributed by atoms with Gasteiger partial charge < -0.3 is 4.90 Å². The minimum absolute atomic E-state index is 0.0522. The first kappa shape index (κ1) is 18.3. The first-order chi connectivity index (χ1) is 12.5. The lowest BCUT2D eigenvalue weighted by molar-refractivity contribution is -0.128. The highest BCUT2D eigenvalue weighted by Gasteiger charge is 2.25. The smallest absolute Gasteiger partial charge is 0.240 e. The molecule has 0 unspecified atom stereocenters. The zero-order valence-electron chi connectivity index (χ0n) is 15.5. The van der Waals surface area contributed by atoms with Gasteiger partial charge in [-0.25, -0.2) is 4.98 Å². The van der Waals surface area contributed by atoms with Crippen molar-refractivity contribution in [2.24, 2.45) is 0 Å². The van der Waals surface area contributed by atoms with Crippen LogP contribution in [0.25, 0.3) is 5.69 Å². The average molecular weight is 366 g/mol. The zero-order chi connectivity index (χ0) is 18.7. The molecule has 1 amide bonds. The fourth-order valence-electron chi connectivity index (χ4n) is 2.86. The van der Waals surface area contributed by atoms with Crippen molar-refractivity contribution in [3.63, 3.8) is 0 Å². The molecule has 5 heteroatoms. The molecule has 0 bridgehead atoms. The van der Waals surface area contributed by atoms with E-state index in [0.29, 0.717) is 0 Å².